The fourth-order valence-corrected chi connectivity index (χ4v) is 5.63. The lowest BCUT2D eigenvalue weighted by Gasteiger charge is -2.31. The van der Waals surface area contributed by atoms with Gasteiger partial charge in [0.15, 0.2) is 0 Å². The van der Waals surface area contributed by atoms with E-state index >= 15 is 0 Å². The molecule has 0 saturated heterocycles. The van der Waals surface area contributed by atoms with Crippen molar-refractivity contribution in [3.05, 3.63) is 76.1 Å². The largest absolute Gasteiger partial charge is 0.497 e. The molecule has 1 aliphatic heterocycles. The van der Waals surface area contributed by atoms with Crippen molar-refractivity contribution in [1.29, 1.82) is 0 Å². The third kappa shape index (κ3) is 6.28. The van der Waals surface area contributed by atoms with E-state index in [-0.39, 0.29) is 13.2 Å². The molecule has 0 radical (unpaired) electrons. The molecule has 0 aliphatic carbocycles. The van der Waals surface area contributed by atoms with Gasteiger partial charge in [0, 0.05) is 26.9 Å². The van der Waals surface area contributed by atoms with E-state index in [9.17, 15) is 9.59 Å². The number of carbonyl (C=O) groups excluding carboxylic acids is 2. The summed E-state index contributed by atoms with van der Waals surface area (Å²) in [7, 11) is 1.65. The molecule has 6 nitrogen and oxygen atoms in total. The highest BCUT2D eigenvalue weighted by Gasteiger charge is 2.39. The number of hydrogen-bond acceptors (Lipinski definition) is 8. The molecule has 3 rings (SSSR count). The summed E-state index contributed by atoms with van der Waals surface area (Å²) in [4.78, 5) is 28.5. The minimum atomic E-state index is -0.616. The Morgan fingerprint density at radius 1 is 0.917 bits per heavy atom. The first kappa shape index (κ1) is 27.7. The lowest BCUT2D eigenvalue weighted by molar-refractivity contribution is -0.139. The Morgan fingerprint density at radius 2 is 1.50 bits per heavy atom. The molecule has 2 aromatic carbocycles. The van der Waals surface area contributed by atoms with Gasteiger partial charge in [-0.25, -0.2) is 9.59 Å². The van der Waals surface area contributed by atoms with Gasteiger partial charge in [0.2, 0.25) is 0 Å². The van der Waals surface area contributed by atoms with Crippen molar-refractivity contribution in [2.24, 2.45) is 0 Å². The molecule has 0 spiro atoms. The van der Waals surface area contributed by atoms with E-state index in [1.54, 1.807) is 44.5 Å². The average molecular weight is 528 g/mol. The highest BCUT2D eigenvalue weighted by molar-refractivity contribution is 7.99. The maximum atomic E-state index is 13.2. The Balaban J connectivity index is 2.13. The maximum absolute atomic E-state index is 13.2. The Morgan fingerprint density at radius 3 is 2.00 bits per heavy atom. The zero-order chi connectivity index (χ0) is 26.2. The number of nitrogens with one attached hydrogen (secondary N) is 1. The molecule has 192 valence electrons. The molecular formula is C28H33NO5S2. The maximum Gasteiger partial charge on any atom is 0.336 e. The third-order valence-corrected chi connectivity index (χ3v) is 7.72. The first-order valence-electron chi connectivity index (χ1n) is 11.8. The third-order valence-electron chi connectivity index (χ3n) is 5.83. The molecule has 0 saturated carbocycles. The second-order valence-electron chi connectivity index (χ2n) is 8.12. The Hall–Kier alpha value is -2.84. The molecule has 0 unspecified atom stereocenters. The molecule has 2 aromatic rings. The van der Waals surface area contributed by atoms with Crippen molar-refractivity contribution in [3.63, 3.8) is 0 Å². The summed E-state index contributed by atoms with van der Waals surface area (Å²) in [6.45, 7) is 7.71. The van der Waals surface area contributed by atoms with Gasteiger partial charge in [-0.15, -0.1) is 23.5 Å². The van der Waals surface area contributed by atoms with Crippen molar-refractivity contribution in [2.75, 3.05) is 26.6 Å². The van der Waals surface area contributed by atoms with E-state index < -0.39 is 17.9 Å². The smallest absolute Gasteiger partial charge is 0.336 e. The van der Waals surface area contributed by atoms with Crippen LogP contribution >= 0.6 is 23.5 Å². The number of benzene rings is 2. The predicted molar refractivity (Wildman–Crippen MR) is 145 cm³/mol. The predicted octanol–water partition coefficient (Wildman–Crippen LogP) is 6.07. The van der Waals surface area contributed by atoms with Crippen LogP contribution in [0.4, 0.5) is 0 Å². The summed E-state index contributed by atoms with van der Waals surface area (Å²) >= 11 is 3.28. The second-order valence-corrected chi connectivity index (χ2v) is 10.0. The monoisotopic (exact) mass is 527 g/mol. The van der Waals surface area contributed by atoms with Crippen molar-refractivity contribution in [3.8, 4) is 5.75 Å². The summed E-state index contributed by atoms with van der Waals surface area (Å²) < 4.78 is 16.1. The molecule has 0 fully saturated rings. The van der Waals surface area contributed by atoms with Gasteiger partial charge >= 0.3 is 11.9 Å². The van der Waals surface area contributed by atoms with E-state index in [1.165, 1.54) is 0 Å². The number of ether oxygens (including phenoxy) is 3. The summed E-state index contributed by atoms with van der Waals surface area (Å²) in [5, 5.41) is 3.21. The Kier molecular flexibility index (Phi) is 9.96. The van der Waals surface area contributed by atoms with E-state index in [1.807, 2.05) is 44.4 Å². The molecule has 1 heterocycles. The zero-order valence-electron chi connectivity index (χ0n) is 21.6. The number of thioether (sulfide) groups is 2. The molecular weight excluding hydrogens is 494 g/mol. The highest BCUT2D eigenvalue weighted by Crippen LogP contribution is 2.44. The van der Waals surface area contributed by atoms with Crippen LogP contribution in [0.2, 0.25) is 0 Å². The van der Waals surface area contributed by atoms with Crippen LogP contribution in [0, 0.1) is 0 Å². The second kappa shape index (κ2) is 12.9. The van der Waals surface area contributed by atoms with Crippen LogP contribution in [0.1, 0.15) is 44.7 Å². The van der Waals surface area contributed by atoms with Gasteiger partial charge in [0.1, 0.15) is 5.75 Å². The van der Waals surface area contributed by atoms with Gasteiger partial charge in [-0.1, -0.05) is 12.1 Å². The van der Waals surface area contributed by atoms with Crippen LogP contribution in [0.15, 0.2) is 74.8 Å². The van der Waals surface area contributed by atoms with Crippen molar-refractivity contribution in [1.82, 2.24) is 5.32 Å². The molecule has 36 heavy (non-hydrogen) atoms. The van der Waals surface area contributed by atoms with Crippen molar-refractivity contribution < 1.29 is 23.8 Å². The molecule has 1 aliphatic rings. The van der Waals surface area contributed by atoms with Gasteiger partial charge in [-0.3, -0.25) is 0 Å². The number of hydrogen-bond donors (Lipinski definition) is 1. The minimum Gasteiger partial charge on any atom is -0.497 e. The Bertz CT molecular complexity index is 1130. The standard InChI is InChI=1S/C28H33NO5S2/c1-7-33-27(30)24-17(3)29-18(4)25(28(31)34-8-2)26(24)22-15-21(35-6)13-14-23(22)36-16-19-9-11-20(32-5)12-10-19/h9-15,26,29H,7-8,16H2,1-6H3. The quantitative estimate of drug-likeness (QED) is 0.295. The van der Waals surface area contributed by atoms with Gasteiger partial charge in [0.05, 0.1) is 37.4 Å². The van der Waals surface area contributed by atoms with Crippen molar-refractivity contribution >= 4 is 35.5 Å². The zero-order valence-corrected chi connectivity index (χ0v) is 23.2. The number of rotatable bonds is 10. The fraction of sp³-hybridized carbons (Fsp3) is 0.357. The summed E-state index contributed by atoms with van der Waals surface area (Å²) in [5.41, 5.74) is 4.21. The molecule has 1 N–H and O–H groups in total. The lowest BCUT2D eigenvalue weighted by Crippen LogP contribution is -2.32. The molecule has 0 aromatic heterocycles. The van der Waals surface area contributed by atoms with Crippen LogP contribution < -0.4 is 10.1 Å². The lowest BCUT2D eigenvalue weighted by atomic mass is 9.80. The number of allylic oxidation sites excluding steroid dienone is 2. The van der Waals surface area contributed by atoms with E-state index in [2.05, 4.69) is 23.5 Å². The molecule has 8 heteroatoms. The van der Waals surface area contributed by atoms with Gasteiger partial charge in [-0.05, 0) is 75.4 Å². The van der Waals surface area contributed by atoms with Crippen LogP contribution in [0.25, 0.3) is 0 Å². The molecule has 0 amide bonds. The summed E-state index contributed by atoms with van der Waals surface area (Å²) in [5.74, 6) is 0.0257. The van der Waals surface area contributed by atoms with Gasteiger partial charge in [-0.2, -0.15) is 0 Å². The number of esters is 2. The first-order valence-corrected chi connectivity index (χ1v) is 14.0. The summed E-state index contributed by atoms with van der Waals surface area (Å²) in [6.07, 6.45) is 2.01. The van der Waals surface area contributed by atoms with Crippen molar-refractivity contribution in [2.45, 2.75) is 49.2 Å². The number of dihydropyridines is 1. The van der Waals surface area contributed by atoms with E-state index in [0.29, 0.717) is 22.5 Å². The first-order chi connectivity index (χ1) is 17.3. The summed E-state index contributed by atoms with van der Waals surface area (Å²) in [6, 6.07) is 14.1. The minimum absolute atomic E-state index is 0.240. The van der Waals surface area contributed by atoms with Crippen LogP contribution in [0.5, 0.6) is 5.75 Å². The topological polar surface area (TPSA) is 73.9 Å². The van der Waals surface area contributed by atoms with Gasteiger partial charge < -0.3 is 19.5 Å². The Labute approximate surface area is 221 Å². The van der Waals surface area contributed by atoms with Crippen LogP contribution in [0.3, 0.4) is 0 Å². The normalized spacial score (nSPS) is 13.9. The SMILES string of the molecule is CCOC(=O)C1=C(C)NC(C)=C(C(=O)OCC)C1c1cc(SC)ccc1SCc1ccc(OC)cc1. The average Bonchev–Trinajstić information content (AvgIpc) is 2.87. The number of methoxy groups -OCH3 is 1. The van der Waals surface area contributed by atoms with Crippen LogP contribution in [-0.4, -0.2) is 38.5 Å². The molecule has 0 bridgehead atoms. The van der Waals surface area contributed by atoms with E-state index in [0.717, 1.165) is 32.4 Å². The van der Waals surface area contributed by atoms with Crippen LogP contribution in [-0.2, 0) is 24.8 Å². The van der Waals surface area contributed by atoms with Gasteiger partial charge in [0.25, 0.3) is 0 Å². The highest BCUT2D eigenvalue weighted by atomic mass is 32.2. The molecule has 0 atom stereocenters. The number of carbonyl (C=O) groups is 2. The fourth-order valence-electron chi connectivity index (χ4n) is 4.16. The van der Waals surface area contributed by atoms with E-state index in [4.69, 9.17) is 14.2 Å².